The van der Waals surface area contributed by atoms with Gasteiger partial charge in [-0.15, -0.1) is 0 Å². The lowest BCUT2D eigenvalue weighted by molar-refractivity contribution is -0.124. The summed E-state index contributed by atoms with van der Waals surface area (Å²) < 4.78 is 22.0. The van der Waals surface area contributed by atoms with Crippen LogP contribution in [0.15, 0.2) is 24.3 Å². The van der Waals surface area contributed by atoms with Gasteiger partial charge in [0.1, 0.15) is 0 Å². The summed E-state index contributed by atoms with van der Waals surface area (Å²) in [5.41, 5.74) is 5.35. The summed E-state index contributed by atoms with van der Waals surface area (Å²) in [5, 5.41) is 24.0. The van der Waals surface area contributed by atoms with Crippen LogP contribution in [-0.2, 0) is 18.4 Å². The number of phosphoric acid groups is 1. The average molecular weight is 731 g/mol. The van der Waals surface area contributed by atoms with Gasteiger partial charge in [-0.25, -0.2) is 4.57 Å². The van der Waals surface area contributed by atoms with Crippen LogP contribution in [0.5, 0.6) is 0 Å². The predicted octanol–water partition coefficient (Wildman–Crippen LogP) is 9.97. The Kier molecular flexibility index (Phi) is 35.5. The highest BCUT2D eigenvalue weighted by atomic mass is 31.2. The predicted molar refractivity (Wildman–Crippen MR) is 209 cm³/mol. The number of phosphoric ester groups is 1. The molecule has 0 radical (unpaired) electrons. The first kappa shape index (κ1) is 48.9. The van der Waals surface area contributed by atoms with Crippen molar-refractivity contribution in [3.8, 4) is 0 Å². The highest BCUT2D eigenvalue weighted by molar-refractivity contribution is 7.47. The van der Waals surface area contributed by atoms with Gasteiger partial charge in [-0.2, -0.15) is 0 Å². The molecule has 9 nitrogen and oxygen atoms in total. The van der Waals surface area contributed by atoms with E-state index in [4.69, 9.17) is 14.8 Å². The Bertz CT molecular complexity index is 858. The van der Waals surface area contributed by atoms with Gasteiger partial charge in [-0.1, -0.05) is 173 Å². The van der Waals surface area contributed by atoms with Crippen LogP contribution < -0.4 is 11.1 Å². The van der Waals surface area contributed by atoms with Gasteiger partial charge in [-0.05, 0) is 32.1 Å². The molecule has 4 atom stereocenters. The van der Waals surface area contributed by atoms with Crippen molar-refractivity contribution in [2.75, 3.05) is 19.8 Å². The van der Waals surface area contributed by atoms with Crippen molar-refractivity contribution >= 4 is 13.7 Å². The van der Waals surface area contributed by atoms with E-state index in [9.17, 15) is 24.5 Å². The number of aliphatic hydroxyl groups is 2. The zero-order valence-corrected chi connectivity index (χ0v) is 33.1. The topological polar surface area (TPSA) is 151 Å². The Morgan fingerprint density at radius 3 is 1.66 bits per heavy atom. The number of aliphatic hydroxyl groups excluding tert-OH is 2. The molecule has 0 aliphatic heterocycles. The third-order valence-electron chi connectivity index (χ3n) is 9.08. The monoisotopic (exact) mass is 731 g/mol. The van der Waals surface area contributed by atoms with Crippen LogP contribution in [0, 0.1) is 0 Å². The van der Waals surface area contributed by atoms with E-state index in [0.717, 1.165) is 32.1 Å². The second-order valence-electron chi connectivity index (χ2n) is 14.0. The second kappa shape index (κ2) is 36.3. The van der Waals surface area contributed by atoms with Gasteiger partial charge in [0.05, 0.1) is 37.9 Å². The molecule has 0 aliphatic carbocycles. The average Bonchev–Trinajstić information content (AvgIpc) is 3.09. The molecular formula is C40H79N2O7P. The van der Waals surface area contributed by atoms with Gasteiger partial charge >= 0.3 is 7.82 Å². The number of nitrogens with two attached hydrogens (primary N) is 1. The molecule has 0 heterocycles. The van der Waals surface area contributed by atoms with Gasteiger partial charge in [0.25, 0.3) is 0 Å². The minimum Gasteiger partial charge on any atom is -0.393 e. The van der Waals surface area contributed by atoms with Crippen LogP contribution >= 0.6 is 7.82 Å². The quantitative estimate of drug-likeness (QED) is 0.0239. The largest absolute Gasteiger partial charge is 0.472 e. The molecule has 10 heteroatoms. The maximum absolute atomic E-state index is 12.8. The Morgan fingerprint density at radius 2 is 1.14 bits per heavy atom. The number of unbranched alkanes of at least 4 members (excludes halogenated alkanes) is 22. The smallest absolute Gasteiger partial charge is 0.393 e. The molecule has 0 saturated heterocycles. The van der Waals surface area contributed by atoms with Crippen molar-refractivity contribution in [2.24, 2.45) is 5.73 Å². The zero-order valence-electron chi connectivity index (χ0n) is 32.3. The molecule has 6 N–H and O–H groups in total. The number of hydrogen-bond acceptors (Lipinski definition) is 7. The van der Waals surface area contributed by atoms with E-state index in [0.29, 0.717) is 12.8 Å². The maximum Gasteiger partial charge on any atom is 0.472 e. The molecule has 0 aromatic carbocycles. The molecule has 0 fully saturated rings. The first-order chi connectivity index (χ1) is 24.3. The fraction of sp³-hybridized carbons (Fsp3) is 0.875. The van der Waals surface area contributed by atoms with Crippen molar-refractivity contribution in [1.82, 2.24) is 5.32 Å². The highest BCUT2D eigenvalue weighted by Crippen LogP contribution is 2.43. The Labute approximate surface area is 307 Å². The van der Waals surface area contributed by atoms with Crippen LogP contribution in [0.25, 0.3) is 0 Å². The summed E-state index contributed by atoms with van der Waals surface area (Å²) in [5.74, 6) is -0.455. The Balaban J connectivity index is 4.41. The van der Waals surface area contributed by atoms with E-state index < -0.39 is 38.6 Å². The molecule has 4 unspecified atom stereocenters. The minimum atomic E-state index is -4.40. The summed E-state index contributed by atoms with van der Waals surface area (Å²) in [6.07, 6.45) is 36.9. The fourth-order valence-corrected chi connectivity index (χ4v) is 6.72. The summed E-state index contributed by atoms with van der Waals surface area (Å²) >= 11 is 0. The van der Waals surface area contributed by atoms with Crippen LogP contribution in [-0.4, -0.2) is 59.0 Å². The van der Waals surface area contributed by atoms with Crippen LogP contribution in [0.4, 0.5) is 0 Å². The summed E-state index contributed by atoms with van der Waals surface area (Å²) in [6.45, 7) is 3.94. The zero-order chi connectivity index (χ0) is 37.0. The number of carbonyl (C=O) groups is 1. The van der Waals surface area contributed by atoms with Crippen molar-refractivity contribution in [1.29, 1.82) is 0 Å². The number of carbonyl (C=O) groups excluding carboxylic acids is 1. The van der Waals surface area contributed by atoms with Crippen LogP contribution in [0.1, 0.15) is 187 Å². The number of allylic oxidation sites excluding steroid dienone is 3. The first-order valence-corrected chi connectivity index (χ1v) is 22.0. The normalized spacial score (nSPS) is 15.1. The van der Waals surface area contributed by atoms with Gasteiger partial charge < -0.3 is 26.2 Å². The second-order valence-corrected chi connectivity index (χ2v) is 15.5. The molecule has 0 aromatic rings. The molecule has 50 heavy (non-hydrogen) atoms. The molecule has 0 spiro atoms. The van der Waals surface area contributed by atoms with Gasteiger partial charge in [0.2, 0.25) is 5.91 Å². The van der Waals surface area contributed by atoms with E-state index in [1.54, 1.807) is 6.08 Å². The Morgan fingerprint density at radius 1 is 0.680 bits per heavy atom. The lowest BCUT2D eigenvalue weighted by Crippen LogP contribution is -2.46. The Hall–Kier alpha value is -1.06. The molecule has 0 rings (SSSR count). The number of hydrogen-bond donors (Lipinski definition) is 5. The van der Waals surface area contributed by atoms with Crippen molar-refractivity contribution in [3.05, 3.63) is 24.3 Å². The molecule has 0 saturated carbocycles. The number of amides is 1. The van der Waals surface area contributed by atoms with E-state index in [1.807, 2.05) is 6.08 Å². The van der Waals surface area contributed by atoms with Gasteiger partial charge in [-0.3, -0.25) is 13.8 Å². The molecule has 0 bridgehead atoms. The summed E-state index contributed by atoms with van der Waals surface area (Å²) in [7, 11) is -4.40. The molecule has 296 valence electrons. The summed E-state index contributed by atoms with van der Waals surface area (Å²) in [6, 6.07) is -0.994. The number of rotatable bonds is 38. The number of nitrogens with one attached hydrogen (secondary N) is 1. The third kappa shape index (κ3) is 34.0. The fourth-order valence-electron chi connectivity index (χ4n) is 5.96. The van der Waals surface area contributed by atoms with Crippen LogP contribution in [0.3, 0.4) is 0 Å². The van der Waals surface area contributed by atoms with Crippen molar-refractivity contribution in [2.45, 2.75) is 205 Å². The maximum atomic E-state index is 12.8. The first-order valence-electron chi connectivity index (χ1n) is 20.5. The molecule has 1 amide bonds. The lowest BCUT2D eigenvalue weighted by atomic mass is 10.0. The minimum absolute atomic E-state index is 0.0458. The lowest BCUT2D eigenvalue weighted by Gasteiger charge is -2.24. The standard InChI is InChI=1S/C40H79N2O7P/c1-3-5-7-9-11-13-15-17-19-21-23-25-27-29-31-37(43)35-40(45)42-38(36-49-50(46,47)48-34-33-41)39(44)32-30-28-26-24-22-20-18-16-14-12-10-8-6-4-2/h22,24,30,32,37-39,43-44H,3-21,23,25-29,31,33-36,41H2,1-2H3,(H,42,45)(H,46,47)/b24-22+,32-30+. The van der Waals surface area contributed by atoms with E-state index in [2.05, 4.69) is 31.3 Å². The van der Waals surface area contributed by atoms with E-state index in [-0.39, 0.29) is 19.6 Å². The van der Waals surface area contributed by atoms with Crippen molar-refractivity contribution in [3.63, 3.8) is 0 Å². The van der Waals surface area contributed by atoms with E-state index >= 15 is 0 Å². The SMILES string of the molecule is CCCCCCCCCC/C=C/CC/C=C/C(O)C(COP(=O)(O)OCCN)NC(=O)CC(O)CCCCCCCCCCCCCCCC. The van der Waals surface area contributed by atoms with Crippen LogP contribution in [0.2, 0.25) is 0 Å². The molecule has 0 aromatic heterocycles. The summed E-state index contributed by atoms with van der Waals surface area (Å²) in [4.78, 5) is 22.7. The molecular weight excluding hydrogens is 651 g/mol. The van der Waals surface area contributed by atoms with E-state index in [1.165, 1.54) is 122 Å². The third-order valence-corrected chi connectivity index (χ3v) is 10.1. The highest BCUT2D eigenvalue weighted by Gasteiger charge is 2.27. The molecule has 0 aliphatic rings. The van der Waals surface area contributed by atoms with Gasteiger partial charge in [0, 0.05) is 6.54 Å². The van der Waals surface area contributed by atoms with Crippen molar-refractivity contribution < 1.29 is 33.5 Å². The van der Waals surface area contributed by atoms with Gasteiger partial charge in [0.15, 0.2) is 0 Å².